The summed E-state index contributed by atoms with van der Waals surface area (Å²) in [4.78, 5) is 2.46. The lowest BCUT2D eigenvalue weighted by atomic mass is 9.70. The molecule has 0 aliphatic heterocycles. The van der Waals surface area contributed by atoms with E-state index in [9.17, 15) is 0 Å². The summed E-state index contributed by atoms with van der Waals surface area (Å²) in [7, 11) is 0. The second kappa shape index (κ2) is 13.9. The van der Waals surface area contributed by atoms with Gasteiger partial charge in [0, 0.05) is 38.5 Å². The average molecular weight is 890 g/mol. The lowest BCUT2D eigenvalue weighted by Crippen LogP contribution is -2.26. The Morgan fingerprint density at radius 3 is 1.43 bits per heavy atom. The van der Waals surface area contributed by atoms with Crippen molar-refractivity contribution in [2.24, 2.45) is 0 Å². The molecule has 16 rings (SSSR count). The molecule has 2 aliphatic carbocycles. The van der Waals surface area contributed by atoms with Crippen LogP contribution in [0.25, 0.3) is 110 Å². The average Bonchev–Trinajstić information content (AvgIpc) is 4.17. The summed E-state index contributed by atoms with van der Waals surface area (Å²) in [6.07, 6.45) is 0. The minimum absolute atomic E-state index is 0.512. The molecule has 70 heavy (non-hydrogen) atoms. The molecule has 0 amide bonds. The Morgan fingerprint density at radius 1 is 0.286 bits per heavy atom. The lowest BCUT2D eigenvalue weighted by Gasteiger charge is -2.32. The van der Waals surface area contributed by atoms with E-state index in [0.717, 1.165) is 72.1 Å². The topological polar surface area (TPSA) is 29.5 Å². The van der Waals surface area contributed by atoms with Crippen molar-refractivity contribution < 1.29 is 8.83 Å². The first kappa shape index (κ1) is 37.9. The van der Waals surface area contributed by atoms with E-state index < -0.39 is 5.41 Å². The Balaban J connectivity index is 1.03. The number of anilines is 3. The van der Waals surface area contributed by atoms with Crippen molar-refractivity contribution in [2.45, 2.75) is 5.41 Å². The highest BCUT2D eigenvalue weighted by atomic mass is 16.3. The van der Waals surface area contributed by atoms with Crippen LogP contribution in [0.4, 0.5) is 17.1 Å². The van der Waals surface area contributed by atoms with Crippen LogP contribution >= 0.6 is 0 Å². The predicted octanol–water partition coefficient (Wildman–Crippen LogP) is 18.4. The summed E-state index contributed by atoms with van der Waals surface area (Å²) in [6, 6.07) is 86.9. The summed E-state index contributed by atoms with van der Waals surface area (Å²) in [5, 5.41) is 11.7. The highest BCUT2D eigenvalue weighted by Crippen LogP contribution is 2.63. The van der Waals surface area contributed by atoms with Gasteiger partial charge in [-0.1, -0.05) is 182 Å². The van der Waals surface area contributed by atoms with Gasteiger partial charge in [-0.2, -0.15) is 0 Å². The molecule has 3 heteroatoms. The van der Waals surface area contributed by atoms with Crippen LogP contribution in [0.5, 0.6) is 0 Å². The molecule has 12 aromatic carbocycles. The Morgan fingerprint density at radius 2 is 0.771 bits per heavy atom. The van der Waals surface area contributed by atoms with Gasteiger partial charge < -0.3 is 13.7 Å². The van der Waals surface area contributed by atoms with E-state index in [-0.39, 0.29) is 0 Å². The maximum absolute atomic E-state index is 7.36. The van der Waals surface area contributed by atoms with Crippen LogP contribution in [0.1, 0.15) is 22.3 Å². The molecule has 0 atom stereocenters. The molecule has 0 saturated heterocycles. The normalized spacial score (nSPS) is 13.3. The molecular formula is C67H39NO2. The molecule has 324 valence electrons. The van der Waals surface area contributed by atoms with Gasteiger partial charge in [-0.15, -0.1) is 0 Å². The van der Waals surface area contributed by atoms with Crippen molar-refractivity contribution in [3.63, 3.8) is 0 Å². The van der Waals surface area contributed by atoms with E-state index in [1.165, 1.54) is 76.8 Å². The summed E-state index contributed by atoms with van der Waals surface area (Å²) >= 11 is 0. The van der Waals surface area contributed by atoms with Crippen LogP contribution in [-0.4, -0.2) is 0 Å². The first-order valence-electron chi connectivity index (χ1n) is 24.2. The van der Waals surface area contributed by atoms with Crippen LogP contribution in [-0.2, 0) is 5.41 Å². The van der Waals surface area contributed by atoms with Gasteiger partial charge >= 0.3 is 0 Å². The van der Waals surface area contributed by atoms with Crippen molar-refractivity contribution in [1.29, 1.82) is 0 Å². The Hall–Kier alpha value is -9.18. The van der Waals surface area contributed by atoms with E-state index in [4.69, 9.17) is 8.83 Å². The minimum atomic E-state index is -0.512. The van der Waals surface area contributed by atoms with Gasteiger partial charge in [0.1, 0.15) is 16.7 Å². The molecule has 1 spiro atoms. The molecule has 2 aliphatic rings. The number of fused-ring (bicyclic) bond motifs is 23. The number of para-hydroxylation sites is 2. The van der Waals surface area contributed by atoms with Crippen LogP contribution in [0.15, 0.2) is 245 Å². The van der Waals surface area contributed by atoms with Gasteiger partial charge in [0.15, 0.2) is 5.58 Å². The van der Waals surface area contributed by atoms with Gasteiger partial charge in [0.25, 0.3) is 0 Å². The molecule has 3 nitrogen and oxygen atoms in total. The zero-order chi connectivity index (χ0) is 45.7. The highest BCUT2D eigenvalue weighted by molar-refractivity contribution is 6.29. The first-order chi connectivity index (χ1) is 34.7. The SMILES string of the molecule is c1ccc(N(c2ccc3c(c2)C2(c4ccccc4-c4ccccc42)c2ccccc2-3)c2c(-c3ccc4c5ccccc5c5ccccc5c4c3)ccc3c2oc2ccc4oc5ccccc5c4c23)cc1. The van der Waals surface area contributed by atoms with Crippen molar-refractivity contribution in [1.82, 2.24) is 0 Å². The maximum Gasteiger partial charge on any atom is 0.160 e. The third-order valence-electron chi connectivity index (χ3n) is 15.7. The Kier molecular flexibility index (Phi) is 7.54. The number of benzene rings is 12. The van der Waals surface area contributed by atoms with Crippen LogP contribution in [0.3, 0.4) is 0 Å². The number of hydrogen-bond donors (Lipinski definition) is 0. The second-order valence-corrected chi connectivity index (χ2v) is 19.0. The van der Waals surface area contributed by atoms with Crippen molar-refractivity contribution in [3.05, 3.63) is 259 Å². The first-order valence-corrected chi connectivity index (χ1v) is 24.2. The third kappa shape index (κ3) is 4.88. The third-order valence-corrected chi connectivity index (χ3v) is 15.7. The van der Waals surface area contributed by atoms with Crippen molar-refractivity contribution >= 4 is 93.3 Å². The minimum Gasteiger partial charge on any atom is -0.456 e. The number of nitrogens with zero attached hydrogens (tertiary/aromatic N) is 1. The molecule has 2 heterocycles. The van der Waals surface area contributed by atoms with Gasteiger partial charge in [-0.25, -0.2) is 0 Å². The van der Waals surface area contributed by atoms with Gasteiger partial charge in [0.2, 0.25) is 0 Å². The van der Waals surface area contributed by atoms with Crippen molar-refractivity contribution in [3.8, 4) is 33.4 Å². The fraction of sp³-hybridized carbons (Fsp3) is 0.0149. The molecule has 0 saturated carbocycles. The zero-order valence-corrected chi connectivity index (χ0v) is 37.8. The fourth-order valence-electron chi connectivity index (χ4n) is 12.9. The number of rotatable bonds is 4. The Bertz CT molecular complexity index is 4460. The fourth-order valence-corrected chi connectivity index (χ4v) is 12.9. The van der Waals surface area contributed by atoms with E-state index >= 15 is 0 Å². The standard InChI is InChI=1S/C67H39NO2/c1-2-16-41(17-3-1)68(42-31-33-52-51-24-10-14-28-58(51)67(59(52)39-42)56-26-12-8-22-49(56)50-23-9-13-27-57(50)67)65-43(40-30-32-48-46-20-5-4-18-44(46)45-19-6-7-21-47(45)55(48)38-40)34-35-54-64-62(70-66(54)65)37-36-61-63(64)53-25-11-15-29-60(53)69-61/h1-39H. The van der Waals surface area contributed by atoms with Crippen LogP contribution in [0, 0.1) is 0 Å². The lowest BCUT2D eigenvalue weighted by molar-refractivity contribution is 0.663. The van der Waals surface area contributed by atoms with Gasteiger partial charge in [-0.05, 0) is 137 Å². The quantitative estimate of drug-likeness (QED) is 0.165. The maximum atomic E-state index is 7.36. The van der Waals surface area contributed by atoms with Crippen LogP contribution in [0.2, 0.25) is 0 Å². The summed E-state index contributed by atoms with van der Waals surface area (Å²) in [6.45, 7) is 0. The smallest absolute Gasteiger partial charge is 0.160 e. The van der Waals surface area contributed by atoms with E-state index in [1.807, 2.05) is 6.07 Å². The molecule has 14 aromatic rings. The van der Waals surface area contributed by atoms with Crippen LogP contribution < -0.4 is 4.90 Å². The second-order valence-electron chi connectivity index (χ2n) is 19.0. The van der Waals surface area contributed by atoms with E-state index in [1.54, 1.807) is 0 Å². The van der Waals surface area contributed by atoms with E-state index in [0.29, 0.717) is 0 Å². The van der Waals surface area contributed by atoms with Gasteiger partial charge in [0.05, 0.1) is 11.1 Å². The van der Waals surface area contributed by atoms with E-state index in [2.05, 4.69) is 235 Å². The summed E-state index contributed by atoms with van der Waals surface area (Å²) in [5.41, 5.74) is 18.4. The molecular weight excluding hydrogens is 851 g/mol. The molecule has 0 bridgehead atoms. The molecule has 0 radical (unpaired) electrons. The van der Waals surface area contributed by atoms with Gasteiger partial charge in [-0.3, -0.25) is 0 Å². The Labute approximate surface area is 402 Å². The molecule has 0 unspecified atom stereocenters. The largest absolute Gasteiger partial charge is 0.456 e. The monoisotopic (exact) mass is 889 g/mol. The summed E-state index contributed by atoms with van der Waals surface area (Å²) < 4.78 is 13.9. The number of hydrogen-bond acceptors (Lipinski definition) is 3. The molecule has 0 fully saturated rings. The molecule has 2 aromatic heterocycles. The molecule has 0 N–H and O–H groups in total. The summed E-state index contributed by atoms with van der Waals surface area (Å²) in [5.74, 6) is 0. The predicted molar refractivity (Wildman–Crippen MR) is 290 cm³/mol. The zero-order valence-electron chi connectivity index (χ0n) is 37.8. The number of furan rings is 2. The highest BCUT2D eigenvalue weighted by Gasteiger charge is 2.51. The van der Waals surface area contributed by atoms with Crippen molar-refractivity contribution in [2.75, 3.05) is 4.90 Å².